The molecule has 0 spiro atoms. The number of nitrogens with zero attached hydrogens (tertiary/aromatic N) is 2. The van der Waals surface area contributed by atoms with Crippen molar-refractivity contribution in [1.82, 2.24) is 21.5 Å². The molecule has 0 aromatic heterocycles. The molecule has 0 aliphatic rings. The number of benzene rings is 2. The van der Waals surface area contributed by atoms with E-state index in [4.69, 9.17) is 29.5 Å². The molecule has 0 radical (unpaired) electrons. The Balaban J connectivity index is 2.58. The number of hydrogen-bond donors (Lipinski definition) is 5. The van der Waals surface area contributed by atoms with Crippen molar-refractivity contribution in [1.29, 1.82) is 0 Å². The monoisotopic (exact) mass is 428 g/mol. The molecule has 0 aliphatic carbocycles. The summed E-state index contributed by atoms with van der Waals surface area (Å²) in [6, 6.07) is 15.7. The van der Waals surface area contributed by atoms with Crippen LogP contribution in [0.1, 0.15) is 21.5 Å². The molecule has 0 bridgehead atoms. The molecule has 2 aromatic carbocycles. The van der Waals surface area contributed by atoms with E-state index in [1.807, 2.05) is 30.3 Å². The fourth-order valence-electron chi connectivity index (χ4n) is 2.20. The van der Waals surface area contributed by atoms with Crippen molar-refractivity contribution in [3.05, 3.63) is 71.3 Å². The van der Waals surface area contributed by atoms with Gasteiger partial charge in [0.05, 0.1) is 5.56 Å². The smallest absolute Gasteiger partial charge is 0.335 e. The van der Waals surface area contributed by atoms with E-state index in [1.54, 1.807) is 26.2 Å². The molecule has 0 unspecified atom stereocenters. The maximum absolute atomic E-state index is 11.2. The number of aromatic carboxylic acids is 1. The van der Waals surface area contributed by atoms with E-state index in [9.17, 15) is 4.79 Å². The van der Waals surface area contributed by atoms with Gasteiger partial charge in [-0.05, 0) is 36.6 Å². The van der Waals surface area contributed by atoms with Gasteiger partial charge in [-0.2, -0.15) is 10.2 Å². The molecule has 0 heterocycles. The zero-order valence-corrected chi connectivity index (χ0v) is 17.4. The van der Waals surface area contributed by atoms with Gasteiger partial charge in [-0.25, -0.2) is 4.79 Å². The second-order valence-electron chi connectivity index (χ2n) is 5.55. The van der Waals surface area contributed by atoms with Crippen molar-refractivity contribution in [2.45, 2.75) is 0 Å². The van der Waals surface area contributed by atoms with E-state index >= 15 is 0 Å². The number of nitrogens with one attached hydrogen (secondary N) is 4. The Kier molecular flexibility index (Phi) is 8.19. The van der Waals surface area contributed by atoms with Crippen LogP contribution in [0.3, 0.4) is 0 Å². The molecule has 0 saturated carbocycles. The number of hydrazone groups is 2. The minimum Gasteiger partial charge on any atom is -0.478 e. The SMILES string of the molecule is CNC(=S)N/N=C(/C(=N/NC(=S)NC)c1ccc(C(=O)O)cc1)c1ccccc1. The molecule has 0 fully saturated rings. The lowest BCUT2D eigenvalue weighted by atomic mass is 9.99. The first-order valence-corrected chi connectivity index (χ1v) is 9.28. The van der Waals surface area contributed by atoms with E-state index in [0.29, 0.717) is 27.2 Å². The Labute approximate surface area is 179 Å². The van der Waals surface area contributed by atoms with Crippen LogP contribution in [-0.4, -0.2) is 46.8 Å². The van der Waals surface area contributed by atoms with Crippen LogP contribution in [-0.2, 0) is 0 Å². The average molecular weight is 429 g/mol. The van der Waals surface area contributed by atoms with Gasteiger partial charge in [0.15, 0.2) is 10.2 Å². The molecular weight excluding hydrogens is 408 g/mol. The number of rotatable bonds is 6. The third-order valence-electron chi connectivity index (χ3n) is 3.67. The van der Waals surface area contributed by atoms with Gasteiger partial charge < -0.3 is 15.7 Å². The minimum absolute atomic E-state index is 0.166. The van der Waals surface area contributed by atoms with E-state index in [-0.39, 0.29) is 5.56 Å². The van der Waals surface area contributed by atoms with Gasteiger partial charge in [0.25, 0.3) is 0 Å². The second-order valence-corrected chi connectivity index (χ2v) is 6.37. The van der Waals surface area contributed by atoms with Gasteiger partial charge >= 0.3 is 5.97 Å². The Morgan fingerprint density at radius 3 is 1.59 bits per heavy atom. The number of carboxylic acid groups (broad SMARTS) is 1. The molecule has 29 heavy (non-hydrogen) atoms. The van der Waals surface area contributed by atoms with E-state index < -0.39 is 5.97 Å². The van der Waals surface area contributed by atoms with E-state index in [0.717, 1.165) is 5.56 Å². The molecule has 150 valence electrons. The maximum atomic E-state index is 11.2. The molecule has 5 N–H and O–H groups in total. The lowest BCUT2D eigenvalue weighted by Crippen LogP contribution is -2.33. The summed E-state index contributed by atoms with van der Waals surface area (Å²) in [5.74, 6) is -1.01. The van der Waals surface area contributed by atoms with Crippen LogP contribution in [0.5, 0.6) is 0 Å². The zero-order chi connectivity index (χ0) is 21.2. The van der Waals surface area contributed by atoms with Crippen LogP contribution in [0, 0.1) is 0 Å². The number of carboxylic acids is 1. The number of hydrogen-bond acceptors (Lipinski definition) is 5. The topological polar surface area (TPSA) is 110 Å². The number of thiocarbonyl (C=S) groups is 2. The normalized spacial score (nSPS) is 11.4. The van der Waals surface area contributed by atoms with Gasteiger partial charge in [-0.15, -0.1) is 0 Å². The fourth-order valence-corrected chi connectivity index (χ4v) is 2.29. The summed E-state index contributed by atoms with van der Waals surface area (Å²) in [5.41, 5.74) is 8.03. The Morgan fingerprint density at radius 1 is 0.759 bits per heavy atom. The molecule has 0 atom stereocenters. The predicted molar refractivity (Wildman–Crippen MR) is 123 cm³/mol. The molecular formula is C19H20N6O2S2. The van der Waals surface area contributed by atoms with Crippen molar-refractivity contribution in [3.63, 3.8) is 0 Å². The van der Waals surface area contributed by atoms with Crippen molar-refractivity contribution in [3.8, 4) is 0 Å². The highest BCUT2D eigenvalue weighted by molar-refractivity contribution is 7.80. The molecule has 0 aliphatic heterocycles. The highest BCUT2D eigenvalue weighted by atomic mass is 32.1. The summed E-state index contributed by atoms with van der Waals surface area (Å²) in [6.45, 7) is 0. The van der Waals surface area contributed by atoms with Crippen LogP contribution in [0.15, 0.2) is 64.8 Å². The molecule has 0 saturated heterocycles. The summed E-state index contributed by atoms with van der Waals surface area (Å²) in [7, 11) is 3.35. The van der Waals surface area contributed by atoms with Crippen LogP contribution < -0.4 is 21.5 Å². The van der Waals surface area contributed by atoms with Gasteiger partial charge in [0.1, 0.15) is 11.4 Å². The average Bonchev–Trinajstić information content (AvgIpc) is 2.76. The minimum atomic E-state index is -1.01. The summed E-state index contributed by atoms with van der Waals surface area (Å²) in [4.78, 5) is 11.2. The summed E-state index contributed by atoms with van der Waals surface area (Å²) >= 11 is 10.2. The largest absolute Gasteiger partial charge is 0.478 e. The third-order valence-corrected chi connectivity index (χ3v) is 4.26. The third kappa shape index (κ3) is 6.33. The first kappa shape index (κ1) is 21.9. The Bertz CT molecular complexity index is 943. The summed E-state index contributed by atoms with van der Waals surface area (Å²) in [5, 5.41) is 24.2. The lowest BCUT2D eigenvalue weighted by molar-refractivity contribution is 0.0697. The van der Waals surface area contributed by atoms with E-state index in [2.05, 4.69) is 31.7 Å². The van der Waals surface area contributed by atoms with Crippen molar-refractivity contribution >= 4 is 52.1 Å². The highest BCUT2D eigenvalue weighted by Gasteiger charge is 2.16. The Morgan fingerprint density at radius 2 is 1.17 bits per heavy atom. The molecule has 2 rings (SSSR count). The quantitative estimate of drug-likeness (QED) is 0.269. The molecule has 8 nitrogen and oxygen atoms in total. The summed E-state index contributed by atoms with van der Waals surface area (Å²) in [6.07, 6.45) is 0. The lowest BCUT2D eigenvalue weighted by Gasteiger charge is -2.13. The Hall–Kier alpha value is -3.37. The van der Waals surface area contributed by atoms with Gasteiger partial charge in [-0.1, -0.05) is 42.5 Å². The highest BCUT2D eigenvalue weighted by Crippen LogP contribution is 2.12. The summed E-state index contributed by atoms with van der Waals surface area (Å²) < 4.78 is 0. The first-order chi connectivity index (χ1) is 14.0. The van der Waals surface area contributed by atoms with Crippen LogP contribution in [0.25, 0.3) is 0 Å². The number of carbonyl (C=O) groups is 1. The second kappa shape index (κ2) is 10.8. The molecule has 2 aromatic rings. The maximum Gasteiger partial charge on any atom is 0.335 e. The fraction of sp³-hybridized carbons (Fsp3) is 0.105. The van der Waals surface area contributed by atoms with Gasteiger partial charge in [-0.3, -0.25) is 10.9 Å². The molecule has 10 heteroatoms. The van der Waals surface area contributed by atoms with Crippen LogP contribution in [0.2, 0.25) is 0 Å². The first-order valence-electron chi connectivity index (χ1n) is 8.46. The van der Waals surface area contributed by atoms with Gasteiger partial charge in [0, 0.05) is 25.2 Å². The van der Waals surface area contributed by atoms with Crippen molar-refractivity contribution in [2.24, 2.45) is 10.2 Å². The standard InChI is InChI=1S/C19H20N6O2S2/c1-20-18(28)24-22-15(12-6-4-3-5-7-12)16(23-25-19(29)21-2)13-8-10-14(11-9-13)17(26)27/h3-11H,1-2H3,(H,26,27)(H2,20,24,28)(H2,21,25,29)/b22-15+,23-16+. The predicted octanol–water partition coefficient (Wildman–Crippen LogP) is 1.68. The van der Waals surface area contributed by atoms with E-state index in [1.165, 1.54) is 12.1 Å². The van der Waals surface area contributed by atoms with Crippen molar-refractivity contribution < 1.29 is 9.90 Å². The zero-order valence-electron chi connectivity index (χ0n) is 15.8. The van der Waals surface area contributed by atoms with Gasteiger partial charge in [0.2, 0.25) is 0 Å². The van der Waals surface area contributed by atoms with Crippen molar-refractivity contribution in [2.75, 3.05) is 14.1 Å². The molecule has 0 amide bonds. The van der Waals surface area contributed by atoms with Crippen LogP contribution in [0.4, 0.5) is 0 Å². The van der Waals surface area contributed by atoms with Crippen LogP contribution >= 0.6 is 24.4 Å².